The zero-order valence-electron chi connectivity index (χ0n) is 12.8. The average Bonchev–Trinajstić information content (AvgIpc) is 2.99. The van der Waals surface area contributed by atoms with Gasteiger partial charge in [0.05, 0.1) is 0 Å². The van der Waals surface area contributed by atoms with Crippen LogP contribution in [0.15, 0.2) is 41.8 Å². The highest BCUT2D eigenvalue weighted by molar-refractivity contribution is 5.78. The Morgan fingerprint density at radius 2 is 2.00 bits per heavy atom. The number of rotatable bonds is 3. The maximum Gasteiger partial charge on any atom is 0.191 e. The van der Waals surface area contributed by atoms with Crippen molar-refractivity contribution >= 4 is 11.8 Å². The molecule has 0 aliphatic carbocycles. The molecule has 1 aliphatic heterocycles. The van der Waals surface area contributed by atoms with E-state index in [1.807, 2.05) is 42.2 Å². The van der Waals surface area contributed by atoms with Crippen molar-refractivity contribution in [3.8, 4) is 0 Å². The van der Waals surface area contributed by atoms with E-state index in [1.165, 1.54) is 0 Å². The van der Waals surface area contributed by atoms with Crippen molar-refractivity contribution in [2.45, 2.75) is 6.54 Å². The number of hydrogen-bond acceptors (Lipinski definition) is 4. The molecule has 7 nitrogen and oxygen atoms in total. The predicted octanol–water partition coefficient (Wildman–Crippen LogP) is 0.452. The molecule has 2 N–H and O–H groups in total. The van der Waals surface area contributed by atoms with E-state index in [1.54, 1.807) is 6.20 Å². The first-order chi connectivity index (χ1) is 10.7. The molecule has 0 saturated carbocycles. The van der Waals surface area contributed by atoms with E-state index in [4.69, 9.17) is 5.73 Å². The maximum absolute atomic E-state index is 6.10. The Bertz CT molecular complexity index is 626. The number of nitrogens with two attached hydrogens (primary N) is 1. The summed E-state index contributed by atoms with van der Waals surface area (Å²) in [6, 6.07) is 5.98. The van der Waals surface area contributed by atoms with E-state index >= 15 is 0 Å². The minimum absolute atomic E-state index is 0.510. The van der Waals surface area contributed by atoms with Crippen molar-refractivity contribution in [3.63, 3.8) is 0 Å². The Morgan fingerprint density at radius 3 is 2.64 bits per heavy atom. The highest BCUT2D eigenvalue weighted by Crippen LogP contribution is 2.12. The molecule has 1 saturated heterocycles. The van der Waals surface area contributed by atoms with Gasteiger partial charge in [0.15, 0.2) is 5.96 Å². The summed E-state index contributed by atoms with van der Waals surface area (Å²) in [6.07, 6.45) is 5.50. The molecule has 116 valence electrons. The van der Waals surface area contributed by atoms with Crippen molar-refractivity contribution in [3.05, 3.63) is 42.6 Å². The molecular weight excluding hydrogens is 278 g/mol. The van der Waals surface area contributed by atoms with E-state index in [2.05, 4.69) is 24.8 Å². The van der Waals surface area contributed by atoms with Gasteiger partial charge in [-0.15, -0.1) is 0 Å². The first-order valence-electron chi connectivity index (χ1n) is 7.41. The van der Waals surface area contributed by atoms with E-state index in [-0.39, 0.29) is 0 Å². The van der Waals surface area contributed by atoms with Gasteiger partial charge in [0.25, 0.3) is 0 Å². The summed E-state index contributed by atoms with van der Waals surface area (Å²) >= 11 is 0. The van der Waals surface area contributed by atoms with Crippen molar-refractivity contribution in [2.24, 2.45) is 17.8 Å². The second-order valence-electron chi connectivity index (χ2n) is 5.29. The van der Waals surface area contributed by atoms with Gasteiger partial charge >= 0.3 is 0 Å². The van der Waals surface area contributed by atoms with Gasteiger partial charge < -0.3 is 20.1 Å². The van der Waals surface area contributed by atoms with E-state index in [0.29, 0.717) is 12.5 Å². The molecule has 0 unspecified atom stereocenters. The lowest BCUT2D eigenvalue weighted by molar-refractivity contribution is 0.379. The van der Waals surface area contributed by atoms with Crippen molar-refractivity contribution in [1.29, 1.82) is 0 Å². The smallest absolute Gasteiger partial charge is 0.191 e. The Morgan fingerprint density at radius 1 is 1.18 bits per heavy atom. The van der Waals surface area contributed by atoms with Crippen LogP contribution < -0.4 is 10.6 Å². The predicted molar refractivity (Wildman–Crippen MR) is 86.6 cm³/mol. The molecule has 1 fully saturated rings. The highest BCUT2D eigenvalue weighted by atomic mass is 15.3. The normalized spacial score (nSPS) is 16.1. The molecular formula is C15H21N7. The number of imidazole rings is 1. The van der Waals surface area contributed by atoms with Gasteiger partial charge in [-0.25, -0.2) is 15.0 Å². The number of piperazine rings is 1. The first-order valence-corrected chi connectivity index (χ1v) is 7.41. The molecule has 2 aromatic rings. The quantitative estimate of drug-likeness (QED) is 0.658. The fourth-order valence-electron chi connectivity index (χ4n) is 2.51. The van der Waals surface area contributed by atoms with Gasteiger partial charge in [-0.05, 0) is 12.1 Å². The van der Waals surface area contributed by atoms with Crippen LogP contribution in [0, 0.1) is 0 Å². The fourth-order valence-corrected chi connectivity index (χ4v) is 2.51. The van der Waals surface area contributed by atoms with Crippen molar-refractivity contribution in [1.82, 2.24) is 19.4 Å². The molecule has 3 heterocycles. The second kappa shape index (κ2) is 6.46. The number of aliphatic imine (C=N–C) groups is 1. The number of nitrogens with zero attached hydrogens (tertiary/aromatic N) is 6. The summed E-state index contributed by atoms with van der Waals surface area (Å²) in [6.45, 7) is 4.01. The lowest BCUT2D eigenvalue weighted by Gasteiger charge is -2.35. The van der Waals surface area contributed by atoms with Gasteiger partial charge in [0.1, 0.15) is 18.2 Å². The largest absolute Gasteiger partial charge is 0.370 e. The monoisotopic (exact) mass is 299 g/mol. The van der Waals surface area contributed by atoms with Gasteiger partial charge in [0.2, 0.25) is 0 Å². The third kappa shape index (κ3) is 3.19. The highest BCUT2D eigenvalue weighted by Gasteiger charge is 2.19. The Labute approximate surface area is 130 Å². The van der Waals surface area contributed by atoms with Crippen LogP contribution in [0.25, 0.3) is 0 Å². The van der Waals surface area contributed by atoms with Crippen molar-refractivity contribution in [2.75, 3.05) is 31.1 Å². The van der Waals surface area contributed by atoms with Crippen LogP contribution in [-0.2, 0) is 13.6 Å². The van der Waals surface area contributed by atoms with Crippen molar-refractivity contribution < 1.29 is 0 Å². The molecule has 7 heteroatoms. The molecule has 2 aromatic heterocycles. The lowest BCUT2D eigenvalue weighted by Crippen LogP contribution is -2.51. The number of pyridine rings is 1. The summed E-state index contributed by atoms with van der Waals surface area (Å²) in [4.78, 5) is 17.5. The van der Waals surface area contributed by atoms with Crippen LogP contribution in [0.1, 0.15) is 5.82 Å². The molecule has 0 spiro atoms. The number of anilines is 1. The number of hydrogen-bond donors (Lipinski definition) is 1. The standard InChI is InChI=1S/C15H21N7/c1-20-7-6-18-14(20)12-19-15(16)22-10-8-21(9-11-22)13-4-2-3-5-17-13/h2-7H,8-12H2,1H3,(H2,16,19). The van der Waals surface area contributed by atoms with E-state index in [0.717, 1.165) is 37.8 Å². The molecule has 0 atom stereocenters. The Hall–Kier alpha value is -2.57. The first kappa shape index (κ1) is 14.4. The Kier molecular flexibility index (Phi) is 4.22. The minimum Gasteiger partial charge on any atom is -0.370 e. The summed E-state index contributed by atoms with van der Waals surface area (Å²) in [5.41, 5.74) is 6.10. The van der Waals surface area contributed by atoms with Crippen LogP contribution in [0.3, 0.4) is 0 Å². The Balaban J connectivity index is 1.55. The summed E-state index contributed by atoms with van der Waals surface area (Å²) in [5.74, 6) is 2.52. The van der Waals surface area contributed by atoms with Crippen LogP contribution in [-0.4, -0.2) is 51.6 Å². The van der Waals surface area contributed by atoms with Gasteiger partial charge in [-0.1, -0.05) is 6.07 Å². The number of guanidine groups is 1. The molecule has 0 bridgehead atoms. The SMILES string of the molecule is Cn1ccnc1CN=C(N)N1CCN(c2ccccn2)CC1. The van der Waals surface area contributed by atoms with Crippen LogP contribution in [0.5, 0.6) is 0 Å². The molecule has 1 aliphatic rings. The lowest BCUT2D eigenvalue weighted by atomic mass is 10.3. The summed E-state index contributed by atoms with van der Waals surface area (Å²) in [7, 11) is 1.96. The zero-order chi connectivity index (χ0) is 15.4. The van der Waals surface area contributed by atoms with Crippen LogP contribution in [0.2, 0.25) is 0 Å². The van der Waals surface area contributed by atoms with Crippen LogP contribution >= 0.6 is 0 Å². The van der Waals surface area contributed by atoms with Gasteiger partial charge in [0, 0.05) is 51.8 Å². The molecule has 0 amide bonds. The topological polar surface area (TPSA) is 75.6 Å². The third-order valence-electron chi connectivity index (χ3n) is 3.88. The summed E-state index contributed by atoms with van der Waals surface area (Å²) < 4.78 is 1.95. The second-order valence-corrected chi connectivity index (χ2v) is 5.29. The third-order valence-corrected chi connectivity index (χ3v) is 3.88. The zero-order valence-corrected chi connectivity index (χ0v) is 12.8. The molecule has 3 rings (SSSR count). The van der Waals surface area contributed by atoms with E-state index in [9.17, 15) is 0 Å². The summed E-state index contributed by atoms with van der Waals surface area (Å²) in [5, 5.41) is 0. The molecule has 0 radical (unpaired) electrons. The average molecular weight is 299 g/mol. The fraction of sp³-hybridized carbons (Fsp3) is 0.400. The number of aryl methyl sites for hydroxylation is 1. The molecule has 0 aromatic carbocycles. The number of aromatic nitrogens is 3. The van der Waals surface area contributed by atoms with Gasteiger partial charge in [-0.3, -0.25) is 0 Å². The van der Waals surface area contributed by atoms with E-state index < -0.39 is 0 Å². The van der Waals surface area contributed by atoms with Gasteiger partial charge in [-0.2, -0.15) is 0 Å². The maximum atomic E-state index is 6.10. The minimum atomic E-state index is 0.510. The molecule has 22 heavy (non-hydrogen) atoms. The van der Waals surface area contributed by atoms with Crippen LogP contribution in [0.4, 0.5) is 5.82 Å².